The molecule has 0 radical (unpaired) electrons. The van der Waals surface area contributed by atoms with Gasteiger partial charge in [-0.2, -0.15) is 0 Å². The van der Waals surface area contributed by atoms with E-state index in [9.17, 15) is 0 Å². The van der Waals surface area contributed by atoms with Gasteiger partial charge in [0.25, 0.3) is 0 Å². The Morgan fingerprint density at radius 1 is 0.721 bits per heavy atom. The molecule has 1 aliphatic carbocycles. The fourth-order valence-electron chi connectivity index (χ4n) is 9.38. The Labute approximate surface area is 375 Å². The van der Waals surface area contributed by atoms with Crippen molar-refractivity contribution in [1.29, 1.82) is 0 Å². The molecule has 0 fully saturated rings. The molecule has 7 heteroatoms. The van der Waals surface area contributed by atoms with Gasteiger partial charge in [-0.1, -0.05) is 78.9 Å². The summed E-state index contributed by atoms with van der Waals surface area (Å²) in [5.41, 5.74) is 13.8. The first kappa shape index (κ1) is 39.5. The summed E-state index contributed by atoms with van der Waals surface area (Å²) in [5.74, 6) is 7.34. The number of fused-ring (bicyclic) bond motifs is 1. The van der Waals surface area contributed by atoms with Gasteiger partial charge in [-0.25, -0.2) is 0 Å². The number of pyridine rings is 1. The Kier molecular flexibility index (Phi) is 9.75. The first-order chi connectivity index (χ1) is 29.1. The van der Waals surface area contributed by atoms with Crippen molar-refractivity contribution in [2.24, 2.45) is 0 Å². The molecule has 6 aromatic carbocycles. The Hall–Kier alpha value is -5.64. The maximum Gasteiger partial charge on any atom is 0 e. The first-order valence-electron chi connectivity index (χ1n) is 20.6. The third kappa shape index (κ3) is 6.50. The second-order valence-electron chi connectivity index (χ2n) is 17.3. The number of allylic oxidation sites excluding steroid dienone is 1. The fraction of sp³-hybridized carbons (Fsp3) is 0.148. The SMILES string of the molecule is CC(C)(C)c1ccnc(-n2c3c4c5c(cc(Oc6[c-]c(N7[CH-]N(c8c(-c9ccccc9)cccc8-c8ccccc8)c8ccccc87)ccc6)[c-]c52)[Se](C)(C)C4CC=C3)c1.[Pt]. The van der Waals surface area contributed by atoms with Crippen LogP contribution in [-0.2, 0) is 26.5 Å². The molecule has 0 saturated carbocycles. The van der Waals surface area contributed by atoms with Gasteiger partial charge in [0.15, 0.2) is 0 Å². The third-order valence-electron chi connectivity index (χ3n) is 12.4. The molecule has 5 nitrogen and oxygen atoms in total. The zero-order chi connectivity index (χ0) is 40.8. The number of anilines is 4. The van der Waals surface area contributed by atoms with Crippen LogP contribution in [0.1, 0.15) is 48.8 Å². The van der Waals surface area contributed by atoms with Crippen LogP contribution in [0.3, 0.4) is 0 Å². The number of ether oxygens (including phenoxy) is 1. The molecule has 0 saturated heterocycles. The van der Waals surface area contributed by atoms with Crippen molar-refractivity contribution in [3.05, 3.63) is 187 Å². The van der Waals surface area contributed by atoms with E-state index in [0.717, 1.165) is 62.8 Å². The molecule has 0 bridgehead atoms. The Morgan fingerprint density at radius 2 is 1.38 bits per heavy atom. The number of hydrogen-bond acceptors (Lipinski definition) is 4. The number of benzene rings is 6. The fourth-order valence-corrected chi connectivity index (χ4v) is 15.4. The molecule has 2 aliphatic heterocycles. The topological polar surface area (TPSA) is 33.5 Å². The van der Waals surface area contributed by atoms with Crippen molar-refractivity contribution in [2.75, 3.05) is 9.80 Å². The second-order valence-corrected chi connectivity index (χ2v) is 25.3. The molecule has 3 aliphatic rings. The van der Waals surface area contributed by atoms with Crippen LogP contribution in [0.2, 0.25) is 11.6 Å². The van der Waals surface area contributed by atoms with Gasteiger partial charge >= 0.3 is 267 Å². The van der Waals surface area contributed by atoms with E-state index in [1.54, 1.807) is 0 Å². The summed E-state index contributed by atoms with van der Waals surface area (Å²) in [4.78, 5) is 10.0. The molecule has 306 valence electrons. The molecule has 8 aromatic rings. The van der Waals surface area contributed by atoms with Gasteiger partial charge in [0.05, 0.1) is 0 Å². The van der Waals surface area contributed by atoms with E-state index in [1.807, 2.05) is 12.3 Å². The number of nitrogens with zero attached hydrogens (tertiary/aromatic N) is 4. The van der Waals surface area contributed by atoms with Gasteiger partial charge in [0.2, 0.25) is 0 Å². The molecule has 1 unspecified atom stereocenters. The predicted octanol–water partition coefficient (Wildman–Crippen LogP) is 13.4. The van der Waals surface area contributed by atoms with E-state index in [2.05, 4.69) is 211 Å². The van der Waals surface area contributed by atoms with E-state index in [4.69, 9.17) is 9.72 Å². The van der Waals surface area contributed by atoms with Crippen molar-refractivity contribution in [3.8, 4) is 39.6 Å². The maximum absolute atomic E-state index is 6.87. The van der Waals surface area contributed by atoms with Gasteiger partial charge in [0.1, 0.15) is 0 Å². The zero-order valence-corrected chi connectivity index (χ0v) is 38.8. The van der Waals surface area contributed by atoms with Crippen LogP contribution in [0.25, 0.3) is 45.1 Å². The molecule has 0 N–H and O–H groups in total. The minimum Gasteiger partial charge on any atom is 0 e. The van der Waals surface area contributed by atoms with E-state index in [0.29, 0.717) is 16.3 Å². The summed E-state index contributed by atoms with van der Waals surface area (Å²) < 4.78 is 10.6. The molecular formula is C54H45N4OPtSe-3. The quantitative estimate of drug-likeness (QED) is 0.118. The van der Waals surface area contributed by atoms with Crippen molar-refractivity contribution in [1.82, 2.24) is 9.55 Å². The standard InChI is InChI=1S/C54H45N4OSe.Pt/c1-54(2,3)38-29-30-55-50(31-38)58-46-27-16-28-48-51(46)52-47(58)33-41(34-49(52)60(48,4)5)59-40-22-14-21-39(32-40)56-35-57(45-26-13-12-25-44(45)56)53-42(36-17-8-6-9-18-36)23-15-24-43(53)37-19-10-7-11-20-37;/h6-27,29-31,34-35,48H,28H2,1-5H3;/q-3;. The molecule has 11 rings (SSSR count). The maximum atomic E-state index is 6.87. The van der Waals surface area contributed by atoms with Crippen LogP contribution in [-0.4, -0.2) is 22.4 Å². The zero-order valence-electron chi connectivity index (χ0n) is 34.8. The molecule has 4 heterocycles. The minimum atomic E-state index is -2.13. The molecule has 1 atom stereocenters. The van der Waals surface area contributed by atoms with Gasteiger partial charge < -0.3 is 0 Å². The van der Waals surface area contributed by atoms with Gasteiger partial charge in [0, 0.05) is 21.1 Å². The van der Waals surface area contributed by atoms with E-state index in [-0.39, 0.29) is 26.5 Å². The molecule has 2 aromatic heterocycles. The normalized spacial score (nSPS) is 16.4. The first-order valence-corrected chi connectivity index (χ1v) is 25.9. The summed E-state index contributed by atoms with van der Waals surface area (Å²) in [6.07, 6.45) is 7.69. The monoisotopic (exact) mass is 1040 g/mol. The number of hydrogen-bond donors (Lipinski definition) is 0. The summed E-state index contributed by atoms with van der Waals surface area (Å²) >= 11 is -2.13. The Morgan fingerprint density at radius 3 is 2.07 bits per heavy atom. The molecule has 0 spiro atoms. The third-order valence-corrected chi connectivity index (χ3v) is 19.3. The van der Waals surface area contributed by atoms with Gasteiger partial charge in [-0.3, -0.25) is 0 Å². The Balaban J connectivity index is 0.00000445. The van der Waals surface area contributed by atoms with Crippen molar-refractivity contribution < 1.29 is 25.8 Å². The minimum absolute atomic E-state index is 0. The van der Waals surface area contributed by atoms with Crippen molar-refractivity contribution in [3.63, 3.8) is 0 Å². The van der Waals surface area contributed by atoms with Gasteiger partial charge in [-0.15, -0.1) is 0 Å². The van der Waals surface area contributed by atoms with Crippen LogP contribution in [0.15, 0.2) is 152 Å². The van der Waals surface area contributed by atoms with E-state index < -0.39 is 12.8 Å². The van der Waals surface area contributed by atoms with Crippen LogP contribution in [0.5, 0.6) is 11.5 Å². The molecular weight excluding hydrogens is 995 g/mol. The number of para-hydroxylation sites is 3. The molecule has 61 heavy (non-hydrogen) atoms. The summed E-state index contributed by atoms with van der Waals surface area (Å²) in [5, 5.41) is 1.35. The van der Waals surface area contributed by atoms with Gasteiger partial charge in [-0.05, 0) is 11.1 Å². The average Bonchev–Trinajstić information content (AvgIpc) is 3.90. The van der Waals surface area contributed by atoms with Crippen LogP contribution < -0.4 is 19.0 Å². The summed E-state index contributed by atoms with van der Waals surface area (Å²) in [6, 6.07) is 56.8. The van der Waals surface area contributed by atoms with E-state index >= 15 is 0 Å². The predicted molar refractivity (Wildman–Crippen MR) is 250 cm³/mol. The van der Waals surface area contributed by atoms with Crippen LogP contribution >= 0.6 is 0 Å². The van der Waals surface area contributed by atoms with Crippen molar-refractivity contribution >= 4 is 57.0 Å². The number of rotatable bonds is 7. The Bertz CT molecular complexity index is 2950. The van der Waals surface area contributed by atoms with Crippen LogP contribution in [0, 0.1) is 18.8 Å². The summed E-state index contributed by atoms with van der Waals surface area (Å²) in [6.45, 7) is 8.96. The van der Waals surface area contributed by atoms with E-state index in [1.165, 1.54) is 26.7 Å². The molecule has 0 amide bonds. The smallest absolute Gasteiger partial charge is 0 e. The van der Waals surface area contributed by atoms with Crippen molar-refractivity contribution in [2.45, 2.75) is 49.1 Å². The summed E-state index contributed by atoms with van der Waals surface area (Å²) in [7, 11) is 0. The average molecular weight is 1040 g/mol. The van der Waals surface area contributed by atoms with Crippen LogP contribution in [0.4, 0.5) is 22.7 Å². The second kappa shape index (κ2) is 15.1. The number of aromatic nitrogens is 2. The largest absolute Gasteiger partial charge is 0 e.